The van der Waals surface area contributed by atoms with E-state index < -0.39 is 0 Å². The molecule has 62 valence electrons. The molecule has 0 saturated heterocycles. The van der Waals surface area contributed by atoms with Crippen molar-refractivity contribution in [2.24, 2.45) is 0 Å². The Morgan fingerprint density at radius 3 is 2.83 bits per heavy atom. The van der Waals surface area contributed by atoms with Gasteiger partial charge in [0, 0.05) is 9.78 Å². The van der Waals surface area contributed by atoms with E-state index in [0.717, 1.165) is 16.1 Å². The highest BCUT2D eigenvalue weighted by molar-refractivity contribution is 7.90. The number of aldehydes is 1. The van der Waals surface area contributed by atoms with Crippen molar-refractivity contribution in [2.75, 3.05) is 0 Å². The van der Waals surface area contributed by atoms with Gasteiger partial charge in [-0.2, -0.15) is 0 Å². The van der Waals surface area contributed by atoms with Gasteiger partial charge in [0.1, 0.15) is 0 Å². The molecule has 1 heterocycles. The summed E-state index contributed by atoms with van der Waals surface area (Å²) in [5, 5.41) is 0. The van der Waals surface area contributed by atoms with Crippen LogP contribution < -0.4 is 0 Å². The summed E-state index contributed by atoms with van der Waals surface area (Å²) in [5.41, 5.74) is 0. The van der Waals surface area contributed by atoms with Crippen LogP contribution in [0.2, 0.25) is 0 Å². The van der Waals surface area contributed by atoms with Gasteiger partial charge in [0.15, 0.2) is 6.29 Å². The summed E-state index contributed by atoms with van der Waals surface area (Å²) in [6.45, 7) is 3.56. The average Bonchev–Trinajstić information content (AvgIpc) is 2.52. The minimum absolute atomic E-state index is 0.717. The number of rotatable bonds is 3. The van der Waals surface area contributed by atoms with Crippen molar-refractivity contribution >= 4 is 35.2 Å². The monoisotopic (exact) mass is 196 g/mol. The minimum Gasteiger partial charge on any atom is -0.297 e. The second kappa shape index (κ2) is 4.28. The molecular weight excluding hydrogens is 188 g/mol. The molecule has 0 aromatic carbocycles. The maximum absolute atomic E-state index is 10.3. The zero-order valence-corrected chi connectivity index (χ0v) is 8.07. The average molecular weight is 196 g/mol. The van der Waals surface area contributed by atoms with Crippen LogP contribution in [0.15, 0.2) is 30.9 Å². The third-order valence-electron chi connectivity index (χ3n) is 1.27. The van der Waals surface area contributed by atoms with Gasteiger partial charge in [0.2, 0.25) is 0 Å². The molecular formula is C9H8OS2. The van der Waals surface area contributed by atoms with Gasteiger partial charge < -0.3 is 0 Å². The Labute approximate surface area is 80.8 Å². The summed E-state index contributed by atoms with van der Waals surface area (Å²) in [6.07, 6.45) is 4.30. The molecule has 0 atom stereocenters. The summed E-state index contributed by atoms with van der Waals surface area (Å²) >= 11 is 5.66. The Morgan fingerprint density at radius 2 is 2.33 bits per heavy atom. The fraction of sp³-hybridized carbons (Fsp3) is 0. The number of thiophene rings is 1. The van der Waals surface area contributed by atoms with Gasteiger partial charge in [-0.1, -0.05) is 12.7 Å². The Balaban J connectivity index is 2.95. The predicted octanol–water partition coefficient (Wildman–Crippen LogP) is 3.02. The molecule has 0 spiro atoms. The Hall–Kier alpha value is -0.800. The number of hydrogen-bond donors (Lipinski definition) is 1. The third-order valence-corrected chi connectivity index (χ3v) is 2.86. The van der Waals surface area contributed by atoms with Gasteiger partial charge in [-0.3, -0.25) is 4.79 Å². The smallest absolute Gasteiger partial charge is 0.160 e. The van der Waals surface area contributed by atoms with Gasteiger partial charge in [-0.15, -0.1) is 24.0 Å². The van der Waals surface area contributed by atoms with Crippen LogP contribution in [0, 0.1) is 0 Å². The lowest BCUT2D eigenvalue weighted by molar-refractivity contribution is 0.112. The molecule has 1 aromatic heterocycles. The van der Waals surface area contributed by atoms with Crippen LogP contribution in [-0.2, 0) is 0 Å². The fourth-order valence-electron chi connectivity index (χ4n) is 0.748. The van der Waals surface area contributed by atoms with Crippen molar-refractivity contribution in [3.63, 3.8) is 0 Å². The van der Waals surface area contributed by atoms with Crippen molar-refractivity contribution in [1.82, 2.24) is 0 Å². The van der Waals surface area contributed by atoms with E-state index in [9.17, 15) is 4.79 Å². The predicted molar refractivity (Wildman–Crippen MR) is 56.9 cm³/mol. The van der Waals surface area contributed by atoms with Crippen molar-refractivity contribution in [3.8, 4) is 0 Å². The maximum Gasteiger partial charge on any atom is 0.160 e. The first kappa shape index (κ1) is 9.29. The van der Waals surface area contributed by atoms with Gasteiger partial charge in [0.25, 0.3) is 0 Å². The normalized spacial score (nSPS) is 11.2. The largest absolute Gasteiger partial charge is 0.297 e. The van der Waals surface area contributed by atoms with Gasteiger partial charge in [-0.25, -0.2) is 0 Å². The zero-order chi connectivity index (χ0) is 8.97. The fourth-order valence-corrected chi connectivity index (χ4v) is 1.81. The van der Waals surface area contributed by atoms with Crippen molar-refractivity contribution < 1.29 is 4.79 Å². The van der Waals surface area contributed by atoms with Crippen LogP contribution in [0.5, 0.6) is 0 Å². The van der Waals surface area contributed by atoms with E-state index in [2.05, 4.69) is 19.2 Å². The van der Waals surface area contributed by atoms with Crippen molar-refractivity contribution in [2.45, 2.75) is 0 Å². The van der Waals surface area contributed by atoms with E-state index in [4.69, 9.17) is 0 Å². The first-order valence-corrected chi connectivity index (χ1v) is 4.61. The van der Waals surface area contributed by atoms with E-state index in [0.29, 0.717) is 4.88 Å². The standard InChI is InChI=1S/C9H8OS2/c1-2-3-8(11)9-5-4-7(6-10)12-9/h2-6,11H,1H2/b8-3-. The van der Waals surface area contributed by atoms with E-state index in [1.165, 1.54) is 11.3 Å². The molecule has 0 bridgehead atoms. The third kappa shape index (κ3) is 2.09. The molecule has 0 amide bonds. The number of thiol groups is 1. The number of allylic oxidation sites excluding steroid dienone is 2. The minimum atomic E-state index is 0.717. The quantitative estimate of drug-likeness (QED) is 0.447. The van der Waals surface area contributed by atoms with Crippen LogP contribution in [0.25, 0.3) is 4.91 Å². The Kier molecular flexibility index (Phi) is 3.31. The summed E-state index contributed by atoms with van der Waals surface area (Å²) in [6, 6.07) is 3.65. The zero-order valence-electron chi connectivity index (χ0n) is 6.36. The summed E-state index contributed by atoms with van der Waals surface area (Å²) in [7, 11) is 0. The number of carbonyl (C=O) groups is 1. The van der Waals surface area contributed by atoms with Crippen LogP contribution in [0.3, 0.4) is 0 Å². The molecule has 0 saturated carbocycles. The second-order valence-corrected chi connectivity index (χ2v) is 3.70. The van der Waals surface area contributed by atoms with E-state index >= 15 is 0 Å². The van der Waals surface area contributed by atoms with Crippen molar-refractivity contribution in [3.05, 3.63) is 40.6 Å². The number of carbonyl (C=O) groups excluding carboxylic acids is 1. The molecule has 1 aromatic rings. The van der Waals surface area contributed by atoms with E-state index in [1.54, 1.807) is 18.2 Å². The summed E-state index contributed by atoms with van der Waals surface area (Å²) in [4.78, 5) is 12.9. The first-order chi connectivity index (χ1) is 5.77. The van der Waals surface area contributed by atoms with Crippen LogP contribution in [0.1, 0.15) is 14.5 Å². The maximum atomic E-state index is 10.3. The topological polar surface area (TPSA) is 17.1 Å². The van der Waals surface area contributed by atoms with Gasteiger partial charge >= 0.3 is 0 Å². The second-order valence-electron chi connectivity index (χ2n) is 2.11. The van der Waals surface area contributed by atoms with Crippen LogP contribution in [0.4, 0.5) is 0 Å². The molecule has 0 aliphatic carbocycles. The summed E-state index contributed by atoms with van der Waals surface area (Å²) < 4.78 is 0. The number of hydrogen-bond acceptors (Lipinski definition) is 3. The van der Waals surface area contributed by atoms with Crippen molar-refractivity contribution in [1.29, 1.82) is 0 Å². The lowest BCUT2D eigenvalue weighted by atomic mass is 10.4. The van der Waals surface area contributed by atoms with Crippen LogP contribution in [-0.4, -0.2) is 6.29 Å². The van der Waals surface area contributed by atoms with Gasteiger partial charge in [-0.05, 0) is 18.2 Å². The molecule has 1 nitrogen and oxygen atoms in total. The highest BCUT2D eigenvalue weighted by Gasteiger charge is 1.99. The van der Waals surface area contributed by atoms with Crippen LogP contribution >= 0.6 is 24.0 Å². The Bertz CT molecular complexity index is 323. The highest BCUT2D eigenvalue weighted by Crippen LogP contribution is 2.25. The molecule has 0 fully saturated rings. The lowest BCUT2D eigenvalue weighted by Gasteiger charge is -1.90. The van der Waals surface area contributed by atoms with E-state index in [-0.39, 0.29) is 0 Å². The molecule has 0 N–H and O–H groups in total. The van der Waals surface area contributed by atoms with E-state index in [1.807, 2.05) is 6.07 Å². The molecule has 0 unspecified atom stereocenters. The molecule has 3 heteroatoms. The SMILES string of the molecule is C=C/C=C(\S)c1ccc(C=O)s1. The molecule has 0 radical (unpaired) electrons. The molecule has 0 aliphatic heterocycles. The molecule has 12 heavy (non-hydrogen) atoms. The summed E-state index contributed by atoms with van der Waals surface area (Å²) in [5.74, 6) is 0. The Morgan fingerprint density at radius 1 is 1.58 bits per heavy atom. The lowest BCUT2D eigenvalue weighted by Crippen LogP contribution is -1.65. The first-order valence-electron chi connectivity index (χ1n) is 3.35. The highest BCUT2D eigenvalue weighted by atomic mass is 32.1. The molecule has 0 aliphatic rings. The molecule has 1 rings (SSSR count). The van der Waals surface area contributed by atoms with Gasteiger partial charge in [0.05, 0.1) is 4.88 Å².